The van der Waals surface area contributed by atoms with Gasteiger partial charge in [-0.25, -0.2) is 8.42 Å². The van der Waals surface area contributed by atoms with Crippen molar-refractivity contribution < 1.29 is 13.2 Å². The fraction of sp³-hybridized carbons (Fsp3) is 0.909. The molecule has 0 radical (unpaired) electrons. The molecule has 1 fully saturated rings. The molecule has 1 saturated heterocycles. The van der Waals surface area contributed by atoms with E-state index in [0.29, 0.717) is 25.2 Å². The molecule has 5 heteroatoms. The smallest absolute Gasteiger partial charge is 0.150 e. The summed E-state index contributed by atoms with van der Waals surface area (Å²) in [7, 11) is 1.10. The molecule has 0 spiro atoms. The second-order valence-electron chi connectivity index (χ2n) is 4.93. The lowest BCUT2D eigenvalue weighted by Gasteiger charge is -2.34. The maximum absolute atomic E-state index is 11.3. The number of Topliss-reactive ketones (excluding diaryl/α,β-unsaturated/α-hetero) is 1. The minimum absolute atomic E-state index is 0.173. The second-order valence-corrected chi connectivity index (χ2v) is 7.23. The van der Waals surface area contributed by atoms with Crippen molar-refractivity contribution in [2.75, 3.05) is 25.6 Å². The van der Waals surface area contributed by atoms with Gasteiger partial charge >= 0.3 is 0 Å². The third kappa shape index (κ3) is 3.87. The zero-order valence-corrected chi connectivity index (χ0v) is 11.1. The maximum Gasteiger partial charge on any atom is 0.150 e. The Morgan fingerprint density at radius 3 is 2.19 bits per heavy atom. The average Bonchev–Trinajstić information content (AvgIpc) is 2.14. The van der Waals surface area contributed by atoms with E-state index in [-0.39, 0.29) is 23.3 Å². The predicted molar refractivity (Wildman–Crippen MR) is 64.2 cm³/mol. The summed E-state index contributed by atoms with van der Waals surface area (Å²) >= 11 is 0. The van der Waals surface area contributed by atoms with E-state index >= 15 is 0 Å². The van der Waals surface area contributed by atoms with E-state index in [1.54, 1.807) is 6.92 Å². The quantitative estimate of drug-likeness (QED) is 0.734. The van der Waals surface area contributed by atoms with E-state index in [1.165, 1.54) is 0 Å². The Balaban J connectivity index is 2.63. The molecule has 0 bridgehead atoms. The van der Waals surface area contributed by atoms with Crippen LogP contribution in [0.1, 0.15) is 26.2 Å². The van der Waals surface area contributed by atoms with Gasteiger partial charge in [0, 0.05) is 12.5 Å². The van der Waals surface area contributed by atoms with Crippen molar-refractivity contribution in [1.82, 2.24) is 4.90 Å². The van der Waals surface area contributed by atoms with Gasteiger partial charge < -0.3 is 4.90 Å². The molecule has 1 heterocycles. The van der Waals surface area contributed by atoms with E-state index in [0.717, 1.165) is 0 Å². The number of rotatable bonds is 4. The highest BCUT2D eigenvalue weighted by molar-refractivity contribution is 7.91. The van der Waals surface area contributed by atoms with Crippen LogP contribution in [0.25, 0.3) is 0 Å². The van der Waals surface area contributed by atoms with Crippen LogP contribution in [0, 0.1) is 5.92 Å². The zero-order valence-electron chi connectivity index (χ0n) is 10.3. The van der Waals surface area contributed by atoms with Crippen molar-refractivity contribution in [2.24, 2.45) is 5.92 Å². The molecule has 0 aliphatic carbocycles. The Hall–Kier alpha value is -0.420. The standard InChI is InChI=1S/C11H21NO3S/c1-9(13)8-11(12(2)3)10-4-6-16(14,15)7-5-10/h10-11H,4-8H2,1-3H3. The first-order valence-electron chi connectivity index (χ1n) is 5.68. The molecule has 0 aromatic carbocycles. The monoisotopic (exact) mass is 247 g/mol. The molecular formula is C11H21NO3S. The molecule has 1 unspecified atom stereocenters. The summed E-state index contributed by atoms with van der Waals surface area (Å²) in [6.07, 6.45) is 1.91. The first kappa shape index (κ1) is 13.6. The van der Waals surface area contributed by atoms with Gasteiger partial charge in [-0.05, 0) is 39.8 Å². The van der Waals surface area contributed by atoms with Gasteiger partial charge in [0.1, 0.15) is 15.6 Å². The molecule has 16 heavy (non-hydrogen) atoms. The third-order valence-electron chi connectivity index (χ3n) is 3.30. The Bertz CT molecular complexity index is 334. The fourth-order valence-electron chi connectivity index (χ4n) is 2.36. The Morgan fingerprint density at radius 2 is 1.81 bits per heavy atom. The predicted octanol–water partition coefficient (Wildman–Crippen LogP) is 0.720. The van der Waals surface area contributed by atoms with E-state index < -0.39 is 9.84 Å². The number of hydrogen-bond acceptors (Lipinski definition) is 4. The molecule has 4 nitrogen and oxygen atoms in total. The van der Waals surface area contributed by atoms with Crippen molar-refractivity contribution in [1.29, 1.82) is 0 Å². The number of carbonyl (C=O) groups is 1. The van der Waals surface area contributed by atoms with E-state index in [4.69, 9.17) is 0 Å². The molecule has 0 amide bonds. The van der Waals surface area contributed by atoms with Crippen molar-refractivity contribution >= 4 is 15.6 Å². The van der Waals surface area contributed by atoms with Gasteiger partial charge in [-0.2, -0.15) is 0 Å². The summed E-state index contributed by atoms with van der Waals surface area (Å²) in [5.74, 6) is 1.06. The lowest BCUT2D eigenvalue weighted by atomic mass is 9.89. The molecule has 1 aliphatic rings. The SMILES string of the molecule is CC(=O)CC(C1CCS(=O)(=O)CC1)N(C)C. The summed E-state index contributed by atoms with van der Waals surface area (Å²) in [5.41, 5.74) is 0. The molecule has 0 N–H and O–H groups in total. The molecular weight excluding hydrogens is 226 g/mol. The number of sulfone groups is 1. The van der Waals surface area contributed by atoms with Crippen LogP contribution >= 0.6 is 0 Å². The summed E-state index contributed by atoms with van der Waals surface area (Å²) < 4.78 is 22.7. The second kappa shape index (κ2) is 5.27. The van der Waals surface area contributed by atoms with Gasteiger partial charge in [-0.15, -0.1) is 0 Å². The number of ketones is 1. The Morgan fingerprint density at radius 1 is 1.31 bits per heavy atom. The van der Waals surface area contributed by atoms with Gasteiger partial charge in [0.05, 0.1) is 11.5 Å². The molecule has 0 aromatic heterocycles. The largest absolute Gasteiger partial charge is 0.306 e. The highest BCUT2D eigenvalue weighted by Crippen LogP contribution is 2.26. The minimum atomic E-state index is -2.81. The fourth-order valence-corrected chi connectivity index (χ4v) is 3.89. The van der Waals surface area contributed by atoms with Crippen LogP contribution in [0.15, 0.2) is 0 Å². The van der Waals surface area contributed by atoms with E-state index in [9.17, 15) is 13.2 Å². The molecule has 1 aliphatic heterocycles. The summed E-state index contributed by atoms with van der Waals surface area (Å²) in [4.78, 5) is 13.2. The maximum atomic E-state index is 11.3. The molecule has 1 rings (SSSR count). The van der Waals surface area contributed by atoms with Crippen molar-refractivity contribution in [3.05, 3.63) is 0 Å². The number of nitrogens with zero attached hydrogens (tertiary/aromatic N) is 1. The van der Waals surface area contributed by atoms with Crippen LogP contribution in [0.2, 0.25) is 0 Å². The van der Waals surface area contributed by atoms with Crippen LogP contribution in [0.4, 0.5) is 0 Å². The highest BCUT2D eigenvalue weighted by Gasteiger charge is 2.31. The lowest BCUT2D eigenvalue weighted by Crippen LogP contribution is -2.40. The summed E-state index contributed by atoms with van der Waals surface area (Å²) in [6.45, 7) is 1.59. The van der Waals surface area contributed by atoms with Gasteiger partial charge in [0.2, 0.25) is 0 Å². The van der Waals surface area contributed by atoms with Crippen molar-refractivity contribution in [2.45, 2.75) is 32.2 Å². The van der Waals surface area contributed by atoms with Crippen LogP contribution in [-0.2, 0) is 14.6 Å². The van der Waals surface area contributed by atoms with Gasteiger partial charge in [-0.3, -0.25) is 4.79 Å². The summed E-state index contributed by atoms with van der Waals surface area (Å²) in [6, 6.07) is 0.188. The average molecular weight is 247 g/mol. The first-order chi connectivity index (χ1) is 7.32. The molecule has 0 aromatic rings. The molecule has 1 atom stereocenters. The Kier molecular flexibility index (Phi) is 4.50. The van der Waals surface area contributed by atoms with Crippen LogP contribution in [-0.4, -0.2) is 50.7 Å². The third-order valence-corrected chi connectivity index (χ3v) is 5.02. The van der Waals surface area contributed by atoms with Gasteiger partial charge in [-0.1, -0.05) is 0 Å². The number of hydrogen-bond donors (Lipinski definition) is 0. The summed E-state index contributed by atoms with van der Waals surface area (Å²) in [5, 5.41) is 0. The van der Waals surface area contributed by atoms with Crippen LogP contribution in [0.5, 0.6) is 0 Å². The van der Waals surface area contributed by atoms with Crippen LogP contribution in [0.3, 0.4) is 0 Å². The van der Waals surface area contributed by atoms with Crippen molar-refractivity contribution in [3.63, 3.8) is 0 Å². The van der Waals surface area contributed by atoms with Gasteiger partial charge in [0.25, 0.3) is 0 Å². The first-order valence-corrected chi connectivity index (χ1v) is 7.50. The lowest BCUT2D eigenvalue weighted by molar-refractivity contribution is -0.118. The minimum Gasteiger partial charge on any atom is -0.306 e. The van der Waals surface area contributed by atoms with Gasteiger partial charge in [0.15, 0.2) is 0 Å². The van der Waals surface area contributed by atoms with E-state index in [2.05, 4.69) is 0 Å². The van der Waals surface area contributed by atoms with E-state index in [1.807, 2.05) is 19.0 Å². The highest BCUT2D eigenvalue weighted by atomic mass is 32.2. The molecule has 0 saturated carbocycles. The normalized spacial score (nSPS) is 23.2. The topological polar surface area (TPSA) is 54.5 Å². The Labute approximate surface area is 97.9 Å². The number of carbonyl (C=O) groups excluding carboxylic acids is 1. The van der Waals surface area contributed by atoms with Crippen molar-refractivity contribution in [3.8, 4) is 0 Å². The van der Waals surface area contributed by atoms with Crippen LogP contribution < -0.4 is 0 Å². The molecule has 94 valence electrons. The zero-order chi connectivity index (χ0) is 12.3.